The van der Waals surface area contributed by atoms with Crippen LogP contribution in [0.1, 0.15) is 0 Å². The lowest BCUT2D eigenvalue weighted by Crippen LogP contribution is -1.93. The molecule has 8 aromatic carbocycles. The Hall–Kier alpha value is -6.12. The number of hydrogen-bond acceptors (Lipinski definition) is 2. The first kappa shape index (κ1) is 25.2. The summed E-state index contributed by atoms with van der Waals surface area (Å²) in [5.74, 6) is 0. The molecule has 0 aliphatic carbocycles. The topological polar surface area (TPSA) is 25.8 Å². The second-order valence-corrected chi connectivity index (χ2v) is 12.1. The van der Waals surface area contributed by atoms with Crippen molar-refractivity contribution in [3.8, 4) is 22.3 Å². The summed E-state index contributed by atoms with van der Waals surface area (Å²) in [5, 5.41) is 12.2. The first-order valence-electron chi connectivity index (χ1n) is 15.8. The third kappa shape index (κ3) is 3.59. The molecule has 0 N–H and O–H groups in total. The van der Waals surface area contributed by atoms with Gasteiger partial charge in [-0.1, -0.05) is 121 Å². The number of para-hydroxylation sites is 4. The molecule has 2 heteroatoms. The predicted octanol–water partition coefficient (Wildman–Crippen LogP) is 11.9. The van der Waals surface area contributed by atoms with Crippen molar-refractivity contribution in [2.75, 3.05) is 0 Å². The summed E-state index contributed by atoms with van der Waals surface area (Å²) in [4.78, 5) is 10.1. The molecule has 2 nitrogen and oxygen atoms in total. The van der Waals surface area contributed by atoms with Crippen LogP contribution in [0.2, 0.25) is 0 Å². The summed E-state index contributed by atoms with van der Waals surface area (Å²) < 4.78 is 0. The Kier molecular flexibility index (Phi) is 5.31. The van der Waals surface area contributed by atoms with Crippen LogP contribution in [-0.4, -0.2) is 9.97 Å². The average Bonchev–Trinajstić information content (AvgIpc) is 3.12. The van der Waals surface area contributed by atoms with E-state index >= 15 is 0 Å². The molecule has 46 heavy (non-hydrogen) atoms. The maximum Gasteiger partial charge on any atom is 0.0715 e. The van der Waals surface area contributed by atoms with Crippen LogP contribution in [0, 0.1) is 0 Å². The van der Waals surface area contributed by atoms with E-state index < -0.39 is 0 Å². The van der Waals surface area contributed by atoms with E-state index in [1.807, 2.05) is 0 Å². The summed E-state index contributed by atoms with van der Waals surface area (Å²) in [7, 11) is 0. The molecule has 0 bridgehead atoms. The number of fused-ring (bicyclic) bond motifs is 9. The molecule has 10 aromatic rings. The highest BCUT2D eigenvalue weighted by atomic mass is 14.7. The van der Waals surface area contributed by atoms with E-state index in [0.717, 1.165) is 43.6 Å². The molecule has 0 saturated carbocycles. The van der Waals surface area contributed by atoms with Crippen LogP contribution in [-0.2, 0) is 0 Å². The van der Waals surface area contributed by atoms with Gasteiger partial charge in [0.1, 0.15) is 0 Å². The molecule has 10 rings (SSSR count). The van der Waals surface area contributed by atoms with Gasteiger partial charge in [-0.25, -0.2) is 9.97 Å². The van der Waals surface area contributed by atoms with Gasteiger partial charge in [-0.05, 0) is 79.8 Å². The highest BCUT2D eigenvalue weighted by molar-refractivity contribution is 6.29. The van der Waals surface area contributed by atoms with E-state index in [1.165, 1.54) is 54.6 Å². The maximum absolute atomic E-state index is 5.05. The number of benzene rings is 8. The minimum absolute atomic E-state index is 1.01. The minimum atomic E-state index is 1.01. The quantitative estimate of drug-likeness (QED) is 0.150. The van der Waals surface area contributed by atoms with Crippen molar-refractivity contribution in [1.29, 1.82) is 0 Å². The molecule has 2 aromatic heterocycles. The van der Waals surface area contributed by atoms with E-state index in [9.17, 15) is 0 Å². The van der Waals surface area contributed by atoms with Crippen molar-refractivity contribution >= 4 is 75.9 Å². The van der Waals surface area contributed by atoms with Crippen LogP contribution in [0.15, 0.2) is 158 Å². The molecule has 0 fully saturated rings. The Morgan fingerprint density at radius 3 is 0.913 bits per heavy atom. The molecule has 0 saturated heterocycles. The van der Waals surface area contributed by atoms with Crippen LogP contribution in [0.25, 0.3) is 98.2 Å². The van der Waals surface area contributed by atoms with Gasteiger partial charge in [0.05, 0.1) is 22.1 Å². The number of hydrogen-bond donors (Lipinski definition) is 0. The molecule has 0 aliphatic heterocycles. The Morgan fingerprint density at radius 2 is 0.565 bits per heavy atom. The van der Waals surface area contributed by atoms with E-state index in [1.54, 1.807) is 0 Å². The zero-order valence-corrected chi connectivity index (χ0v) is 24.9. The fraction of sp³-hybridized carbons (Fsp3) is 0. The summed E-state index contributed by atoms with van der Waals surface area (Å²) >= 11 is 0. The molecule has 0 amide bonds. The van der Waals surface area contributed by atoms with Gasteiger partial charge >= 0.3 is 0 Å². The first-order chi connectivity index (χ1) is 22.8. The van der Waals surface area contributed by atoms with Gasteiger partial charge in [0, 0.05) is 32.7 Å². The highest BCUT2D eigenvalue weighted by Crippen LogP contribution is 2.46. The van der Waals surface area contributed by atoms with Crippen molar-refractivity contribution in [3.05, 3.63) is 158 Å². The largest absolute Gasteiger partial charge is 0.248 e. The lowest BCUT2D eigenvalue weighted by molar-refractivity contribution is 1.50. The molecule has 0 unspecified atom stereocenters. The Labute approximate surface area is 265 Å². The van der Waals surface area contributed by atoms with Crippen LogP contribution >= 0.6 is 0 Å². The van der Waals surface area contributed by atoms with Gasteiger partial charge in [-0.2, -0.15) is 0 Å². The smallest absolute Gasteiger partial charge is 0.0715 e. The van der Waals surface area contributed by atoms with Crippen molar-refractivity contribution in [2.24, 2.45) is 0 Å². The van der Waals surface area contributed by atoms with Gasteiger partial charge in [0.25, 0.3) is 0 Å². The summed E-state index contributed by atoms with van der Waals surface area (Å²) in [5.41, 5.74) is 8.95. The van der Waals surface area contributed by atoms with Crippen molar-refractivity contribution in [2.45, 2.75) is 0 Å². The average molecular weight is 583 g/mol. The van der Waals surface area contributed by atoms with Crippen molar-refractivity contribution in [1.82, 2.24) is 9.97 Å². The summed E-state index contributed by atoms with van der Waals surface area (Å²) in [6.07, 6.45) is 0. The minimum Gasteiger partial charge on any atom is -0.248 e. The first-order valence-corrected chi connectivity index (χ1v) is 15.8. The maximum atomic E-state index is 5.05. The summed E-state index contributed by atoms with van der Waals surface area (Å²) in [6, 6.07) is 56.8. The Bertz CT molecular complexity index is 2560. The van der Waals surface area contributed by atoms with Gasteiger partial charge in [0.2, 0.25) is 0 Å². The lowest BCUT2D eigenvalue weighted by atomic mass is 9.85. The molecule has 212 valence electrons. The van der Waals surface area contributed by atoms with Gasteiger partial charge in [0.15, 0.2) is 0 Å². The molecule has 0 aliphatic rings. The van der Waals surface area contributed by atoms with Crippen LogP contribution in [0.3, 0.4) is 0 Å². The van der Waals surface area contributed by atoms with Gasteiger partial charge < -0.3 is 0 Å². The molecular weight excluding hydrogens is 556 g/mol. The predicted molar refractivity (Wildman–Crippen MR) is 195 cm³/mol. The fourth-order valence-electron chi connectivity index (χ4n) is 7.65. The van der Waals surface area contributed by atoms with Crippen LogP contribution in [0.5, 0.6) is 0 Å². The van der Waals surface area contributed by atoms with E-state index in [2.05, 4.69) is 158 Å². The van der Waals surface area contributed by atoms with Crippen molar-refractivity contribution < 1.29 is 0 Å². The van der Waals surface area contributed by atoms with E-state index in [-0.39, 0.29) is 0 Å². The van der Waals surface area contributed by atoms with Gasteiger partial charge in [-0.3, -0.25) is 0 Å². The number of nitrogens with zero attached hydrogens (tertiary/aromatic N) is 2. The Balaban J connectivity index is 1.42. The molecule has 0 spiro atoms. The Morgan fingerprint density at radius 1 is 0.283 bits per heavy atom. The SMILES string of the molecule is c1ccc2c(-c3cc4cc(-c5c6ccccc6nc6ccccc56)c5ccccc5c4c4ccccc34)c3ccccc3nc2c1. The third-order valence-electron chi connectivity index (χ3n) is 9.58. The molecule has 0 radical (unpaired) electrons. The second kappa shape index (κ2) is 9.69. The van der Waals surface area contributed by atoms with E-state index in [0.29, 0.717) is 0 Å². The highest BCUT2D eigenvalue weighted by Gasteiger charge is 2.20. The third-order valence-corrected chi connectivity index (χ3v) is 9.58. The fourth-order valence-corrected chi connectivity index (χ4v) is 7.65. The van der Waals surface area contributed by atoms with Gasteiger partial charge in [-0.15, -0.1) is 0 Å². The standard InChI is InChI=1S/C44H26N2/c1-3-15-30-28(13-1)36(43-32-17-5-9-21-38(32)45-39-22-10-6-18-33(39)43)25-27-26-37(29-14-2-4-16-31(29)42(27)30)44-34-19-7-11-23-40(34)46-41-24-12-8-20-35(41)44/h1-26H. The van der Waals surface area contributed by atoms with E-state index in [4.69, 9.17) is 9.97 Å². The monoisotopic (exact) mass is 582 g/mol. The molecule has 0 atom stereocenters. The number of rotatable bonds is 2. The normalized spacial score (nSPS) is 11.9. The lowest BCUT2D eigenvalue weighted by Gasteiger charge is -2.19. The van der Waals surface area contributed by atoms with Crippen LogP contribution in [0.4, 0.5) is 0 Å². The number of pyridine rings is 2. The zero-order valence-electron chi connectivity index (χ0n) is 24.9. The molecular formula is C44H26N2. The van der Waals surface area contributed by atoms with Crippen molar-refractivity contribution in [3.63, 3.8) is 0 Å². The van der Waals surface area contributed by atoms with Crippen LogP contribution < -0.4 is 0 Å². The summed E-state index contributed by atoms with van der Waals surface area (Å²) in [6.45, 7) is 0. The zero-order chi connectivity index (χ0) is 30.2. The molecule has 2 heterocycles. The number of aromatic nitrogens is 2. The second-order valence-electron chi connectivity index (χ2n) is 12.1.